The molecule has 0 bridgehead atoms. The molecule has 0 aliphatic rings. The second-order valence-electron chi connectivity index (χ2n) is 4.65. The van der Waals surface area contributed by atoms with Crippen molar-refractivity contribution in [2.24, 2.45) is 0 Å². The van der Waals surface area contributed by atoms with Gasteiger partial charge in [0, 0.05) is 30.8 Å². The summed E-state index contributed by atoms with van der Waals surface area (Å²) >= 11 is 0. The molecule has 6 nitrogen and oxygen atoms in total. The maximum absolute atomic E-state index is 11.3. The van der Waals surface area contributed by atoms with E-state index in [0.29, 0.717) is 28.1 Å². The summed E-state index contributed by atoms with van der Waals surface area (Å²) < 4.78 is 0. The zero-order chi connectivity index (χ0) is 21.6. The Labute approximate surface area is 186 Å². The van der Waals surface area contributed by atoms with E-state index in [0.717, 1.165) is 0 Å². The average Bonchev–Trinajstić information content (AvgIpc) is 2.60. The minimum Gasteiger partial charge on any atom is -0.545 e. The number of carbonyl (C=O) groups excluding carboxylic acids is 3. The average molecular weight is 391 g/mol. The van der Waals surface area contributed by atoms with E-state index in [2.05, 4.69) is 10.6 Å². The van der Waals surface area contributed by atoms with Crippen LogP contribution in [0, 0.1) is 20.8 Å². The number of carbonyl (C=O) groups is 3. The van der Waals surface area contributed by atoms with Crippen LogP contribution in [0.25, 0.3) is 0 Å². The number of anilines is 2. The van der Waals surface area contributed by atoms with Crippen molar-refractivity contribution < 1.29 is 49.0 Å². The van der Waals surface area contributed by atoms with Gasteiger partial charge >= 0.3 is 29.6 Å². The van der Waals surface area contributed by atoms with Gasteiger partial charge < -0.3 is 20.5 Å². The van der Waals surface area contributed by atoms with Crippen molar-refractivity contribution in [2.75, 3.05) is 10.6 Å². The van der Waals surface area contributed by atoms with Gasteiger partial charge in [-0.05, 0) is 37.5 Å². The first-order valence-electron chi connectivity index (χ1n) is 9.07. The van der Waals surface area contributed by atoms with E-state index < -0.39 is 5.97 Å². The zero-order valence-electron chi connectivity index (χ0n) is 19.1. The fourth-order valence-electron chi connectivity index (χ4n) is 2.25. The Morgan fingerprint density at radius 2 is 0.926 bits per heavy atom. The summed E-state index contributed by atoms with van der Waals surface area (Å²) in [5.74, 6) is -1.99. The van der Waals surface area contributed by atoms with E-state index >= 15 is 0 Å². The van der Waals surface area contributed by atoms with Gasteiger partial charge in [0.05, 0.1) is 5.97 Å². The number of aromatic carboxylic acids is 1. The second kappa shape index (κ2) is 18.0. The molecule has 0 heterocycles. The first-order valence-corrected chi connectivity index (χ1v) is 9.07. The van der Waals surface area contributed by atoms with Crippen molar-refractivity contribution in [1.29, 1.82) is 0 Å². The van der Waals surface area contributed by atoms with E-state index in [4.69, 9.17) is 0 Å². The van der Waals surface area contributed by atoms with Crippen LogP contribution in [-0.2, 0) is 9.59 Å². The number of benzene rings is 1. The molecular formula is C20H35N2NaO4. The molecule has 0 aromatic heterocycles. The Morgan fingerprint density at radius 3 is 1.11 bits per heavy atom. The number of hydrogen-bond donors (Lipinski definition) is 2. The molecule has 0 saturated carbocycles. The maximum atomic E-state index is 11.3. The summed E-state index contributed by atoms with van der Waals surface area (Å²) in [4.78, 5) is 33.8. The molecule has 0 saturated heterocycles. The van der Waals surface area contributed by atoms with Crippen LogP contribution in [0.1, 0.15) is 82.4 Å². The summed E-state index contributed by atoms with van der Waals surface area (Å²) in [6.45, 7) is 19.5. The summed E-state index contributed by atoms with van der Waals surface area (Å²) in [6.07, 6.45) is 0. The van der Waals surface area contributed by atoms with Gasteiger partial charge in [0.15, 0.2) is 0 Å². The van der Waals surface area contributed by atoms with E-state index in [1.165, 1.54) is 13.8 Å². The van der Waals surface area contributed by atoms with Crippen LogP contribution < -0.4 is 45.3 Å². The van der Waals surface area contributed by atoms with E-state index in [9.17, 15) is 19.5 Å². The summed E-state index contributed by atoms with van der Waals surface area (Å²) in [7, 11) is 0. The molecule has 0 aliphatic heterocycles. The third kappa shape index (κ3) is 10.5. The van der Waals surface area contributed by atoms with E-state index in [-0.39, 0.29) is 46.9 Å². The third-order valence-corrected chi connectivity index (χ3v) is 3.06. The standard InChI is InChI=1S/C14H18N2O4.3C2H6.Na/c1-6-11(14(19)20)7(2)13(16-10(5)18)8(3)12(6)15-9(4)17;3*1-2;/h1-5H3,(H,15,17)(H,16,18)(H,19,20);3*1-2H3;/q;;;;+1/p-1. The summed E-state index contributed by atoms with van der Waals surface area (Å²) in [5.41, 5.74) is 2.16. The molecule has 27 heavy (non-hydrogen) atoms. The Morgan fingerprint density at radius 1 is 0.667 bits per heavy atom. The minimum absolute atomic E-state index is 0. The van der Waals surface area contributed by atoms with Gasteiger partial charge in [-0.25, -0.2) is 0 Å². The molecule has 2 N–H and O–H groups in total. The van der Waals surface area contributed by atoms with Crippen molar-refractivity contribution in [3.05, 3.63) is 22.3 Å². The van der Waals surface area contributed by atoms with Crippen LogP contribution in [0.15, 0.2) is 0 Å². The van der Waals surface area contributed by atoms with Gasteiger partial charge in [0.2, 0.25) is 11.8 Å². The number of nitrogens with one attached hydrogen (secondary N) is 2. The van der Waals surface area contributed by atoms with Crippen LogP contribution in [0.5, 0.6) is 0 Å². The molecule has 1 aromatic rings. The van der Waals surface area contributed by atoms with Crippen LogP contribution >= 0.6 is 0 Å². The first-order chi connectivity index (χ1) is 12.2. The van der Waals surface area contributed by atoms with Crippen LogP contribution in [-0.4, -0.2) is 17.8 Å². The fraction of sp³-hybridized carbons (Fsp3) is 0.550. The Hall–Kier alpha value is -1.37. The van der Waals surface area contributed by atoms with Gasteiger partial charge in [-0.2, -0.15) is 0 Å². The number of amides is 2. The molecule has 1 aromatic carbocycles. The van der Waals surface area contributed by atoms with E-state index in [1.54, 1.807) is 20.8 Å². The molecule has 0 radical (unpaired) electrons. The Bertz CT molecular complexity index is 571. The van der Waals surface area contributed by atoms with Gasteiger partial charge in [-0.15, -0.1) is 0 Å². The zero-order valence-corrected chi connectivity index (χ0v) is 21.1. The maximum Gasteiger partial charge on any atom is 1.00 e. The summed E-state index contributed by atoms with van der Waals surface area (Å²) in [6, 6.07) is 0. The van der Waals surface area contributed by atoms with Crippen molar-refractivity contribution in [1.82, 2.24) is 0 Å². The molecular weight excluding hydrogens is 355 g/mol. The largest absolute Gasteiger partial charge is 1.00 e. The second-order valence-corrected chi connectivity index (χ2v) is 4.65. The smallest absolute Gasteiger partial charge is 0.545 e. The van der Waals surface area contributed by atoms with Gasteiger partial charge in [0.25, 0.3) is 0 Å². The predicted molar refractivity (Wildman–Crippen MR) is 108 cm³/mol. The molecule has 0 aliphatic carbocycles. The minimum atomic E-state index is -1.35. The predicted octanol–water partition coefficient (Wildman–Crippen LogP) is 0.975. The van der Waals surface area contributed by atoms with Crippen molar-refractivity contribution >= 4 is 29.2 Å². The first kappa shape index (κ1) is 33.2. The number of carboxylic acids is 1. The SMILES string of the molecule is CC.CC.CC.CC(=O)Nc1c(C)c(NC(C)=O)c(C)c(C(=O)[O-])c1C.[Na+]. The normalized spacial score (nSPS) is 8.11. The topological polar surface area (TPSA) is 98.3 Å². The monoisotopic (exact) mass is 390 g/mol. The molecule has 150 valence electrons. The van der Waals surface area contributed by atoms with Gasteiger partial charge in [-0.1, -0.05) is 41.5 Å². The number of rotatable bonds is 3. The number of hydrogen-bond acceptors (Lipinski definition) is 4. The van der Waals surface area contributed by atoms with E-state index in [1.807, 2.05) is 41.5 Å². The summed E-state index contributed by atoms with van der Waals surface area (Å²) in [5, 5.41) is 16.5. The Kier molecular flexibility index (Phi) is 22.2. The van der Waals surface area contributed by atoms with Crippen LogP contribution in [0.4, 0.5) is 11.4 Å². The molecule has 0 fully saturated rings. The Balaban J connectivity index is -0.000000342. The molecule has 7 heteroatoms. The number of carboxylic acid groups (broad SMARTS) is 1. The molecule has 0 unspecified atom stereocenters. The van der Waals surface area contributed by atoms with Crippen LogP contribution in [0.2, 0.25) is 0 Å². The molecule has 0 atom stereocenters. The molecule has 0 spiro atoms. The van der Waals surface area contributed by atoms with Crippen LogP contribution in [0.3, 0.4) is 0 Å². The quantitative estimate of drug-likeness (QED) is 0.752. The molecule has 1 rings (SSSR count). The van der Waals surface area contributed by atoms with Gasteiger partial charge in [-0.3, -0.25) is 9.59 Å². The fourth-order valence-corrected chi connectivity index (χ4v) is 2.25. The molecule has 2 amide bonds. The van der Waals surface area contributed by atoms with Gasteiger partial charge in [0.1, 0.15) is 0 Å². The van der Waals surface area contributed by atoms with Crippen molar-refractivity contribution in [3.8, 4) is 0 Å². The third-order valence-electron chi connectivity index (χ3n) is 3.06. The van der Waals surface area contributed by atoms with Crippen molar-refractivity contribution in [2.45, 2.75) is 76.2 Å². The van der Waals surface area contributed by atoms with Crippen molar-refractivity contribution in [3.63, 3.8) is 0 Å².